The Hall–Kier alpha value is -4.07. The van der Waals surface area contributed by atoms with Crippen molar-refractivity contribution in [3.8, 4) is 0 Å². The number of nitrogens with two attached hydrogens (primary N) is 1. The first kappa shape index (κ1) is 27.5. The molecule has 1 aliphatic carbocycles. The molecule has 0 aromatic heterocycles. The van der Waals surface area contributed by atoms with Crippen molar-refractivity contribution < 1.29 is 23.9 Å². The average Bonchev–Trinajstić information content (AvgIpc) is 2.96. The Kier molecular flexibility index (Phi) is 7.70. The summed E-state index contributed by atoms with van der Waals surface area (Å²) in [7, 11) is 2.50. The summed E-state index contributed by atoms with van der Waals surface area (Å²) in [6.45, 7) is 0. The molecule has 204 valence electrons. The van der Waals surface area contributed by atoms with Gasteiger partial charge in [0, 0.05) is 32.9 Å². The Morgan fingerprint density at radius 1 is 0.875 bits per heavy atom. The van der Waals surface area contributed by atoms with E-state index < -0.39 is 35.5 Å². The average molecular weight is 577 g/mol. The second-order valence-electron chi connectivity index (χ2n) is 9.54. The van der Waals surface area contributed by atoms with Crippen molar-refractivity contribution in [1.82, 2.24) is 0 Å². The lowest BCUT2D eigenvalue weighted by Crippen LogP contribution is -2.46. The molecule has 9 heteroatoms. The topological polar surface area (TPSA) is 98.9 Å². The van der Waals surface area contributed by atoms with Gasteiger partial charge in [0.15, 0.2) is 5.78 Å². The number of carbonyl (C=O) groups excluding carboxylic acids is 3. The fourth-order valence-corrected chi connectivity index (χ4v) is 6.06. The predicted octanol–water partition coefficient (Wildman–Crippen LogP) is 5.74. The summed E-state index contributed by atoms with van der Waals surface area (Å²) in [5, 5.41) is 0.855. The molecule has 0 bridgehead atoms. The molecule has 2 aliphatic rings. The van der Waals surface area contributed by atoms with Crippen molar-refractivity contribution in [3.05, 3.63) is 123 Å². The summed E-state index contributed by atoms with van der Waals surface area (Å²) >= 11 is 12.7. The lowest BCUT2D eigenvalue weighted by Gasteiger charge is -2.44. The highest BCUT2D eigenvalue weighted by Gasteiger charge is 2.51. The molecule has 40 heavy (non-hydrogen) atoms. The van der Waals surface area contributed by atoms with Gasteiger partial charge in [-0.05, 0) is 47.9 Å². The van der Waals surface area contributed by atoms with Gasteiger partial charge in [-0.15, -0.1) is 0 Å². The Bertz CT molecular complexity index is 1570. The monoisotopic (exact) mass is 576 g/mol. The minimum absolute atomic E-state index is 0.0543. The third kappa shape index (κ3) is 4.76. The highest BCUT2D eigenvalue weighted by Crippen LogP contribution is 2.51. The summed E-state index contributed by atoms with van der Waals surface area (Å²) in [5.74, 6) is -4.38. The second-order valence-corrected chi connectivity index (χ2v) is 10.4. The fraction of sp³-hybridized carbons (Fsp3) is 0.194. The quantitative estimate of drug-likeness (QED) is 0.305. The van der Waals surface area contributed by atoms with Gasteiger partial charge in [-0.3, -0.25) is 14.5 Å². The zero-order valence-corrected chi connectivity index (χ0v) is 23.3. The maximum atomic E-state index is 14.6. The Morgan fingerprint density at radius 3 is 2.15 bits per heavy atom. The zero-order valence-electron chi connectivity index (χ0n) is 21.8. The maximum Gasteiger partial charge on any atom is 0.338 e. The maximum absolute atomic E-state index is 14.6. The van der Waals surface area contributed by atoms with Gasteiger partial charge in [0.2, 0.25) is 0 Å². The Balaban J connectivity index is 1.84. The number of carbonyl (C=O) groups is 3. The first-order chi connectivity index (χ1) is 19.3. The van der Waals surface area contributed by atoms with Gasteiger partial charge >= 0.3 is 11.9 Å². The number of hydrogen-bond donors (Lipinski definition) is 1. The Morgan fingerprint density at radius 2 is 1.52 bits per heavy atom. The van der Waals surface area contributed by atoms with E-state index in [0.717, 1.165) is 5.56 Å². The van der Waals surface area contributed by atoms with Gasteiger partial charge in [-0.1, -0.05) is 71.7 Å². The highest BCUT2D eigenvalue weighted by molar-refractivity contribution is 6.31. The van der Waals surface area contributed by atoms with Crippen molar-refractivity contribution in [2.45, 2.75) is 18.3 Å². The summed E-state index contributed by atoms with van der Waals surface area (Å²) in [4.78, 5) is 42.8. The summed E-state index contributed by atoms with van der Waals surface area (Å²) in [6.07, 6.45) is 0.254. The van der Waals surface area contributed by atoms with Crippen LogP contribution in [-0.2, 0) is 23.9 Å². The van der Waals surface area contributed by atoms with Crippen LogP contribution in [0.2, 0.25) is 10.0 Å². The Labute approximate surface area is 241 Å². The number of rotatable bonds is 5. The van der Waals surface area contributed by atoms with E-state index in [0.29, 0.717) is 27.0 Å². The van der Waals surface area contributed by atoms with Crippen LogP contribution in [0.25, 0.3) is 0 Å². The molecule has 7 nitrogen and oxygen atoms in total. The number of esters is 2. The first-order valence-electron chi connectivity index (χ1n) is 12.6. The molecule has 2 N–H and O–H groups in total. The van der Waals surface area contributed by atoms with Gasteiger partial charge in [0.25, 0.3) is 0 Å². The number of anilines is 1. The number of nitrogens with zero attached hydrogens (tertiary/aromatic N) is 1. The molecule has 3 aromatic rings. The van der Waals surface area contributed by atoms with E-state index in [1.54, 1.807) is 53.4 Å². The summed E-state index contributed by atoms with van der Waals surface area (Å²) < 4.78 is 10.3. The van der Waals surface area contributed by atoms with E-state index in [1.807, 2.05) is 30.3 Å². The largest absolute Gasteiger partial charge is 0.468 e. The molecule has 1 heterocycles. The van der Waals surface area contributed by atoms with Crippen molar-refractivity contribution >= 4 is 46.6 Å². The lowest BCUT2D eigenvalue weighted by atomic mass is 9.67. The second kappa shape index (κ2) is 11.2. The molecule has 5 rings (SSSR count). The third-order valence-corrected chi connectivity index (χ3v) is 7.85. The van der Waals surface area contributed by atoms with Crippen molar-refractivity contribution in [2.24, 2.45) is 11.7 Å². The molecule has 0 saturated carbocycles. The first-order valence-corrected chi connectivity index (χ1v) is 13.3. The number of methoxy groups -OCH3 is 2. The van der Waals surface area contributed by atoms with E-state index in [-0.39, 0.29) is 23.4 Å². The van der Waals surface area contributed by atoms with Crippen LogP contribution in [-0.4, -0.2) is 31.9 Å². The van der Waals surface area contributed by atoms with E-state index in [9.17, 15) is 14.4 Å². The molecule has 0 radical (unpaired) electrons. The van der Waals surface area contributed by atoms with Crippen LogP contribution in [0, 0.1) is 5.92 Å². The number of halogens is 2. The number of Topliss-reactive ketones (excluding diaryl/α,β-unsaturated/α-hetero) is 1. The van der Waals surface area contributed by atoms with Gasteiger partial charge in [0.1, 0.15) is 11.7 Å². The van der Waals surface area contributed by atoms with Crippen LogP contribution in [0.15, 0.2) is 102 Å². The van der Waals surface area contributed by atoms with Crippen LogP contribution in [0.4, 0.5) is 5.69 Å². The number of ether oxygens (including phenoxy) is 2. The van der Waals surface area contributed by atoms with Gasteiger partial charge in [-0.25, -0.2) is 4.79 Å². The predicted molar refractivity (Wildman–Crippen MR) is 153 cm³/mol. The molecule has 0 unspecified atom stereocenters. The van der Waals surface area contributed by atoms with E-state index >= 15 is 0 Å². The zero-order chi connectivity index (χ0) is 28.6. The molecule has 0 amide bonds. The number of allylic oxidation sites excluding steroid dienone is 2. The van der Waals surface area contributed by atoms with E-state index in [2.05, 4.69) is 0 Å². The molecule has 0 spiro atoms. The van der Waals surface area contributed by atoms with Gasteiger partial charge in [0.05, 0.1) is 25.7 Å². The highest BCUT2D eigenvalue weighted by atomic mass is 35.5. The normalized spacial score (nSPS) is 20.8. The lowest BCUT2D eigenvalue weighted by molar-refractivity contribution is -0.150. The van der Waals surface area contributed by atoms with Crippen LogP contribution in [0.1, 0.15) is 29.4 Å². The smallest absolute Gasteiger partial charge is 0.338 e. The molecule has 0 saturated heterocycles. The SMILES string of the molecule is COC(=O)C1=C(N)N(c2cccc(Cl)c2)C2=C(C(=O)[C@H](C(=O)OC)[C@@H](c3ccccc3)C2)[C@H]1c1cccc(Cl)c1. The third-order valence-electron chi connectivity index (χ3n) is 7.38. The van der Waals surface area contributed by atoms with E-state index in [4.69, 9.17) is 38.4 Å². The molecular formula is C31H26Cl2N2O5. The number of hydrogen-bond acceptors (Lipinski definition) is 7. The minimum atomic E-state index is -1.15. The van der Waals surface area contributed by atoms with Gasteiger partial charge in [-0.2, -0.15) is 0 Å². The van der Waals surface area contributed by atoms with E-state index in [1.165, 1.54) is 14.2 Å². The van der Waals surface area contributed by atoms with Crippen LogP contribution in [0.3, 0.4) is 0 Å². The van der Waals surface area contributed by atoms with Crippen molar-refractivity contribution in [2.75, 3.05) is 19.1 Å². The molecule has 3 atom stereocenters. The summed E-state index contributed by atoms with van der Waals surface area (Å²) in [6, 6.07) is 23.1. The fourth-order valence-electron chi connectivity index (χ4n) is 5.68. The van der Waals surface area contributed by atoms with Crippen molar-refractivity contribution in [1.29, 1.82) is 0 Å². The molecular weight excluding hydrogens is 551 g/mol. The molecule has 0 fully saturated rings. The van der Waals surface area contributed by atoms with Crippen molar-refractivity contribution in [3.63, 3.8) is 0 Å². The number of benzene rings is 3. The minimum Gasteiger partial charge on any atom is -0.468 e. The summed E-state index contributed by atoms with van der Waals surface area (Å²) in [5.41, 5.74) is 9.56. The van der Waals surface area contributed by atoms with Crippen LogP contribution < -0.4 is 10.6 Å². The van der Waals surface area contributed by atoms with Crippen LogP contribution >= 0.6 is 23.2 Å². The van der Waals surface area contributed by atoms with Gasteiger partial charge < -0.3 is 15.2 Å². The number of ketones is 1. The molecule has 3 aromatic carbocycles. The van der Waals surface area contributed by atoms with Crippen LogP contribution in [0.5, 0.6) is 0 Å². The molecule has 1 aliphatic heterocycles. The standard InChI is InChI=1S/C31H26Cl2N2O5/c1-39-30(37)25-22(17-8-4-3-5-9-17)16-23-26(28(25)36)24(18-10-6-11-19(32)14-18)27(31(38)40-2)29(34)35(23)21-13-7-12-20(33)15-21/h3-15,22,24-25H,16,34H2,1-2H3/t22-,24-,25-/m1/s1.